The third kappa shape index (κ3) is 1.85. The van der Waals surface area contributed by atoms with Crippen LogP contribution in [0.1, 0.15) is 23.5 Å². The molecule has 3 heteroatoms. The molecule has 1 heterocycles. The van der Waals surface area contributed by atoms with Crippen LogP contribution in [0.5, 0.6) is 5.75 Å². The highest BCUT2D eigenvalue weighted by Gasteiger charge is 2.26. The molecule has 3 nitrogen and oxygen atoms in total. The number of rotatable bonds is 2. The zero-order chi connectivity index (χ0) is 10.8. The van der Waals surface area contributed by atoms with Crippen molar-refractivity contribution < 1.29 is 9.84 Å². The first-order valence-corrected chi connectivity index (χ1v) is 5.32. The van der Waals surface area contributed by atoms with Gasteiger partial charge >= 0.3 is 0 Å². The van der Waals surface area contributed by atoms with Gasteiger partial charge in [-0.15, -0.1) is 0 Å². The molecule has 2 rings (SSSR count). The van der Waals surface area contributed by atoms with E-state index >= 15 is 0 Å². The van der Waals surface area contributed by atoms with Crippen LogP contribution in [-0.4, -0.2) is 24.4 Å². The highest BCUT2D eigenvalue weighted by Crippen LogP contribution is 2.37. The van der Waals surface area contributed by atoms with Crippen molar-refractivity contribution >= 4 is 0 Å². The van der Waals surface area contributed by atoms with Gasteiger partial charge in [-0.2, -0.15) is 0 Å². The standard InChI is InChI=1S/C12H17NO2/c1-8-3-2-4-10-9(11(13)7-14)5-6-15-12(8)10/h2-4,9,11,14H,5-7,13H2,1H3. The number of fused-ring (bicyclic) bond motifs is 1. The summed E-state index contributed by atoms with van der Waals surface area (Å²) in [5.74, 6) is 1.18. The molecular formula is C12H17NO2. The minimum Gasteiger partial charge on any atom is -0.493 e. The van der Waals surface area contributed by atoms with Crippen LogP contribution in [0.25, 0.3) is 0 Å². The van der Waals surface area contributed by atoms with Crippen LogP contribution in [0, 0.1) is 6.92 Å². The van der Waals surface area contributed by atoms with Crippen LogP contribution in [0.3, 0.4) is 0 Å². The molecule has 1 aromatic carbocycles. The van der Waals surface area contributed by atoms with Crippen LogP contribution in [-0.2, 0) is 0 Å². The monoisotopic (exact) mass is 207 g/mol. The molecule has 0 saturated carbocycles. The molecule has 1 aliphatic heterocycles. The summed E-state index contributed by atoms with van der Waals surface area (Å²) in [5.41, 5.74) is 8.19. The number of hydrogen-bond acceptors (Lipinski definition) is 3. The number of nitrogens with two attached hydrogens (primary N) is 1. The molecule has 0 fully saturated rings. The van der Waals surface area contributed by atoms with Gasteiger partial charge in [0.2, 0.25) is 0 Å². The number of benzene rings is 1. The van der Waals surface area contributed by atoms with Gasteiger partial charge in [-0.1, -0.05) is 18.2 Å². The predicted octanol–water partition coefficient (Wildman–Crippen LogP) is 1.18. The van der Waals surface area contributed by atoms with E-state index in [0.717, 1.165) is 23.3 Å². The molecule has 2 atom stereocenters. The van der Waals surface area contributed by atoms with E-state index < -0.39 is 0 Å². The molecule has 82 valence electrons. The van der Waals surface area contributed by atoms with Crippen LogP contribution in [0.2, 0.25) is 0 Å². The third-order valence-electron chi connectivity index (χ3n) is 3.04. The maximum Gasteiger partial charge on any atom is 0.125 e. The molecule has 0 radical (unpaired) electrons. The maximum atomic E-state index is 9.12. The average Bonchev–Trinajstić information content (AvgIpc) is 2.28. The molecule has 0 amide bonds. The van der Waals surface area contributed by atoms with Gasteiger partial charge in [0.15, 0.2) is 0 Å². The maximum absolute atomic E-state index is 9.12. The van der Waals surface area contributed by atoms with Crippen molar-refractivity contribution in [2.75, 3.05) is 13.2 Å². The number of aryl methyl sites for hydroxylation is 1. The summed E-state index contributed by atoms with van der Waals surface area (Å²) in [6.07, 6.45) is 0.887. The Hall–Kier alpha value is -1.06. The van der Waals surface area contributed by atoms with E-state index in [4.69, 9.17) is 15.6 Å². The topological polar surface area (TPSA) is 55.5 Å². The molecule has 1 aliphatic rings. The molecule has 2 unspecified atom stereocenters. The normalized spacial score (nSPS) is 21.7. The molecule has 1 aromatic rings. The lowest BCUT2D eigenvalue weighted by molar-refractivity contribution is 0.208. The fraction of sp³-hybridized carbons (Fsp3) is 0.500. The Balaban J connectivity index is 2.38. The number of ether oxygens (including phenoxy) is 1. The van der Waals surface area contributed by atoms with Crippen molar-refractivity contribution in [3.63, 3.8) is 0 Å². The lowest BCUT2D eigenvalue weighted by Gasteiger charge is -2.30. The predicted molar refractivity (Wildman–Crippen MR) is 59.1 cm³/mol. The summed E-state index contributed by atoms with van der Waals surface area (Å²) in [6, 6.07) is 5.90. The summed E-state index contributed by atoms with van der Waals surface area (Å²) < 4.78 is 5.64. The molecule has 0 spiro atoms. The number of aliphatic hydroxyl groups is 1. The molecule has 0 aliphatic carbocycles. The van der Waals surface area contributed by atoms with Crippen molar-refractivity contribution in [1.29, 1.82) is 0 Å². The van der Waals surface area contributed by atoms with Crippen LogP contribution in [0.15, 0.2) is 18.2 Å². The van der Waals surface area contributed by atoms with E-state index in [1.807, 2.05) is 25.1 Å². The van der Waals surface area contributed by atoms with Gasteiger partial charge in [-0.25, -0.2) is 0 Å². The third-order valence-corrected chi connectivity index (χ3v) is 3.04. The highest BCUT2D eigenvalue weighted by atomic mass is 16.5. The van der Waals surface area contributed by atoms with E-state index in [1.54, 1.807) is 0 Å². The average molecular weight is 207 g/mol. The zero-order valence-corrected chi connectivity index (χ0v) is 8.94. The number of aliphatic hydroxyl groups excluding tert-OH is 1. The summed E-state index contributed by atoms with van der Waals surface area (Å²) in [7, 11) is 0. The van der Waals surface area contributed by atoms with Crippen molar-refractivity contribution in [2.24, 2.45) is 5.73 Å². The van der Waals surface area contributed by atoms with Gasteiger partial charge in [0.1, 0.15) is 5.75 Å². The van der Waals surface area contributed by atoms with Crippen LogP contribution >= 0.6 is 0 Å². The van der Waals surface area contributed by atoms with Gasteiger partial charge in [0.25, 0.3) is 0 Å². The summed E-state index contributed by atoms with van der Waals surface area (Å²) in [5, 5.41) is 9.12. The smallest absolute Gasteiger partial charge is 0.125 e. The molecule has 0 saturated heterocycles. The van der Waals surface area contributed by atoms with Crippen molar-refractivity contribution in [3.05, 3.63) is 29.3 Å². The van der Waals surface area contributed by atoms with Crippen LogP contribution in [0.4, 0.5) is 0 Å². The fourth-order valence-corrected chi connectivity index (χ4v) is 2.18. The SMILES string of the molecule is Cc1cccc2c1OCCC2C(N)CO. The minimum absolute atomic E-state index is 0.0258. The van der Waals surface area contributed by atoms with E-state index in [-0.39, 0.29) is 18.6 Å². The number of hydrogen-bond donors (Lipinski definition) is 2. The molecule has 3 N–H and O–H groups in total. The Morgan fingerprint density at radius 1 is 1.60 bits per heavy atom. The zero-order valence-electron chi connectivity index (χ0n) is 8.94. The Bertz CT molecular complexity index is 351. The molecule has 15 heavy (non-hydrogen) atoms. The molecular weight excluding hydrogens is 190 g/mol. The van der Waals surface area contributed by atoms with Gasteiger partial charge in [-0.05, 0) is 24.5 Å². The Morgan fingerprint density at radius 2 is 2.40 bits per heavy atom. The Labute approximate surface area is 89.9 Å². The van der Waals surface area contributed by atoms with E-state index in [2.05, 4.69) is 0 Å². The quantitative estimate of drug-likeness (QED) is 0.765. The largest absolute Gasteiger partial charge is 0.493 e. The van der Waals surface area contributed by atoms with Gasteiger partial charge in [-0.3, -0.25) is 0 Å². The molecule has 0 bridgehead atoms. The summed E-state index contributed by atoms with van der Waals surface area (Å²) >= 11 is 0. The Kier molecular flexibility index (Phi) is 2.93. The second kappa shape index (κ2) is 4.21. The first-order chi connectivity index (χ1) is 7.24. The highest BCUT2D eigenvalue weighted by molar-refractivity contribution is 5.44. The van der Waals surface area contributed by atoms with E-state index in [1.165, 1.54) is 0 Å². The lowest BCUT2D eigenvalue weighted by atomic mass is 9.86. The van der Waals surface area contributed by atoms with Crippen molar-refractivity contribution in [1.82, 2.24) is 0 Å². The molecule has 0 aromatic heterocycles. The second-order valence-corrected chi connectivity index (χ2v) is 4.08. The second-order valence-electron chi connectivity index (χ2n) is 4.08. The first-order valence-electron chi connectivity index (χ1n) is 5.32. The van der Waals surface area contributed by atoms with Gasteiger partial charge in [0, 0.05) is 12.0 Å². The van der Waals surface area contributed by atoms with Crippen molar-refractivity contribution in [2.45, 2.75) is 25.3 Å². The van der Waals surface area contributed by atoms with E-state index in [0.29, 0.717) is 6.61 Å². The minimum atomic E-state index is -0.186. The van der Waals surface area contributed by atoms with Crippen molar-refractivity contribution in [3.8, 4) is 5.75 Å². The summed E-state index contributed by atoms with van der Waals surface area (Å²) in [4.78, 5) is 0. The first kappa shape index (κ1) is 10.5. The van der Waals surface area contributed by atoms with Gasteiger partial charge in [0.05, 0.1) is 13.2 Å². The Morgan fingerprint density at radius 3 is 3.13 bits per heavy atom. The number of para-hydroxylation sites is 1. The van der Waals surface area contributed by atoms with Crippen LogP contribution < -0.4 is 10.5 Å². The van der Waals surface area contributed by atoms with E-state index in [9.17, 15) is 0 Å². The summed E-state index contributed by atoms with van der Waals surface area (Å²) in [6.45, 7) is 2.75. The fourth-order valence-electron chi connectivity index (χ4n) is 2.18. The lowest BCUT2D eigenvalue weighted by Crippen LogP contribution is -2.35. The van der Waals surface area contributed by atoms with Gasteiger partial charge < -0.3 is 15.6 Å².